The van der Waals surface area contributed by atoms with Crippen LogP contribution in [0, 0.1) is 5.92 Å². The summed E-state index contributed by atoms with van der Waals surface area (Å²) in [6, 6.07) is 9.68. The van der Waals surface area contributed by atoms with E-state index in [2.05, 4.69) is 5.32 Å². The maximum Gasteiger partial charge on any atom is 0.246 e. The van der Waals surface area contributed by atoms with E-state index in [1.54, 1.807) is 17.1 Å². The molecule has 0 unspecified atom stereocenters. The van der Waals surface area contributed by atoms with E-state index in [0.29, 0.717) is 38.8 Å². The number of nitrogens with one attached hydrogen (secondary N) is 1. The molecule has 1 saturated carbocycles. The van der Waals surface area contributed by atoms with Gasteiger partial charge in [0.1, 0.15) is 5.54 Å². The van der Waals surface area contributed by atoms with E-state index in [1.807, 2.05) is 30.3 Å². The van der Waals surface area contributed by atoms with Crippen molar-refractivity contribution in [1.82, 2.24) is 10.2 Å². The molecular formula is C22H29N3O3. The number of nitrogens with two attached hydrogens (primary N) is 1. The Balaban J connectivity index is 1.51. The van der Waals surface area contributed by atoms with Crippen LogP contribution in [0.2, 0.25) is 0 Å². The number of carbonyl (C=O) groups is 3. The van der Waals surface area contributed by atoms with Crippen molar-refractivity contribution < 1.29 is 14.4 Å². The van der Waals surface area contributed by atoms with Crippen molar-refractivity contribution in [2.45, 2.75) is 50.5 Å². The topological polar surface area (TPSA) is 92.5 Å². The number of carbonyl (C=O) groups excluding carboxylic acids is 3. The number of amides is 3. The van der Waals surface area contributed by atoms with Crippen LogP contribution in [-0.4, -0.2) is 41.2 Å². The summed E-state index contributed by atoms with van der Waals surface area (Å²) in [5.41, 5.74) is 5.70. The van der Waals surface area contributed by atoms with Gasteiger partial charge in [0, 0.05) is 25.1 Å². The Bertz CT molecular complexity index is 731. The van der Waals surface area contributed by atoms with Gasteiger partial charge in [-0.15, -0.1) is 0 Å². The molecule has 1 aliphatic heterocycles. The van der Waals surface area contributed by atoms with Crippen molar-refractivity contribution in [3.63, 3.8) is 0 Å². The van der Waals surface area contributed by atoms with Gasteiger partial charge < -0.3 is 16.0 Å². The Labute approximate surface area is 166 Å². The molecule has 0 bridgehead atoms. The maximum absolute atomic E-state index is 12.7. The smallest absolute Gasteiger partial charge is 0.246 e. The van der Waals surface area contributed by atoms with Gasteiger partial charge in [0.15, 0.2) is 0 Å². The highest BCUT2D eigenvalue weighted by atomic mass is 16.2. The van der Waals surface area contributed by atoms with Crippen molar-refractivity contribution in [3.05, 3.63) is 42.0 Å². The van der Waals surface area contributed by atoms with Gasteiger partial charge in [-0.3, -0.25) is 14.4 Å². The summed E-state index contributed by atoms with van der Waals surface area (Å²) < 4.78 is 0. The van der Waals surface area contributed by atoms with Gasteiger partial charge >= 0.3 is 0 Å². The Morgan fingerprint density at radius 3 is 2.29 bits per heavy atom. The third-order valence-electron chi connectivity index (χ3n) is 5.94. The first kappa shape index (κ1) is 20.1. The predicted molar refractivity (Wildman–Crippen MR) is 108 cm³/mol. The van der Waals surface area contributed by atoms with E-state index in [1.165, 1.54) is 0 Å². The van der Waals surface area contributed by atoms with Crippen LogP contribution in [0.3, 0.4) is 0 Å². The number of hydrogen-bond acceptors (Lipinski definition) is 3. The Morgan fingerprint density at radius 1 is 1.04 bits per heavy atom. The normalized spacial score (nSPS) is 20.1. The van der Waals surface area contributed by atoms with Crippen LogP contribution < -0.4 is 11.1 Å². The molecule has 0 atom stereocenters. The van der Waals surface area contributed by atoms with Crippen molar-refractivity contribution in [2.75, 3.05) is 13.1 Å². The van der Waals surface area contributed by atoms with E-state index < -0.39 is 11.4 Å². The number of hydrogen-bond donors (Lipinski definition) is 2. The second-order valence-electron chi connectivity index (χ2n) is 7.84. The lowest BCUT2D eigenvalue weighted by Gasteiger charge is -2.37. The predicted octanol–water partition coefficient (Wildman–Crippen LogP) is 2.24. The Hall–Kier alpha value is -2.63. The van der Waals surface area contributed by atoms with Crippen LogP contribution in [0.5, 0.6) is 0 Å². The molecule has 1 aromatic rings. The average Bonchev–Trinajstić information content (AvgIpc) is 2.73. The molecule has 1 aromatic carbocycles. The van der Waals surface area contributed by atoms with E-state index in [0.717, 1.165) is 24.8 Å². The molecule has 1 saturated heterocycles. The van der Waals surface area contributed by atoms with Gasteiger partial charge in [-0.2, -0.15) is 0 Å². The van der Waals surface area contributed by atoms with Gasteiger partial charge in [-0.25, -0.2) is 0 Å². The monoisotopic (exact) mass is 383 g/mol. The molecule has 1 heterocycles. The summed E-state index contributed by atoms with van der Waals surface area (Å²) in [6.07, 6.45) is 8.72. The fraction of sp³-hybridized carbons (Fsp3) is 0.500. The Kier molecular flexibility index (Phi) is 6.49. The standard InChI is InChI=1S/C22H29N3O3/c23-21(28)22(13-5-2-6-14-22)24-20(27)18-11-15-25(16-12-18)19(26)10-9-17-7-3-1-4-8-17/h1,3-4,7-10,18H,2,5-6,11-16H2,(H2,23,28)(H,24,27)/b10-9+. The molecule has 2 fully saturated rings. The SMILES string of the molecule is NC(=O)C1(NC(=O)C2CCN(C(=O)/C=C/c3ccccc3)CC2)CCCCC1. The van der Waals surface area contributed by atoms with Crippen LogP contribution in [0.15, 0.2) is 36.4 Å². The first-order chi connectivity index (χ1) is 13.5. The zero-order valence-electron chi connectivity index (χ0n) is 16.2. The number of likely N-dealkylation sites (tertiary alicyclic amines) is 1. The molecule has 0 spiro atoms. The fourth-order valence-electron chi connectivity index (χ4n) is 4.13. The van der Waals surface area contributed by atoms with Crippen molar-refractivity contribution >= 4 is 23.8 Å². The minimum atomic E-state index is -0.888. The summed E-state index contributed by atoms with van der Waals surface area (Å²) in [7, 11) is 0. The molecule has 2 aliphatic rings. The van der Waals surface area contributed by atoms with Gasteiger partial charge in [0.05, 0.1) is 0 Å². The summed E-state index contributed by atoms with van der Waals surface area (Å²) in [5, 5.41) is 2.96. The first-order valence-electron chi connectivity index (χ1n) is 10.1. The van der Waals surface area contributed by atoms with Gasteiger partial charge in [0.2, 0.25) is 17.7 Å². The van der Waals surface area contributed by atoms with Crippen LogP contribution in [0.4, 0.5) is 0 Å². The number of primary amides is 1. The maximum atomic E-state index is 12.7. The minimum absolute atomic E-state index is 0.0383. The van der Waals surface area contributed by atoms with Gasteiger partial charge in [0.25, 0.3) is 0 Å². The second kappa shape index (κ2) is 9.04. The molecule has 1 aliphatic carbocycles. The number of benzene rings is 1. The van der Waals surface area contributed by atoms with Crippen LogP contribution in [0.25, 0.3) is 6.08 Å². The van der Waals surface area contributed by atoms with E-state index in [9.17, 15) is 14.4 Å². The zero-order valence-corrected chi connectivity index (χ0v) is 16.2. The van der Waals surface area contributed by atoms with Crippen LogP contribution in [0.1, 0.15) is 50.5 Å². The third kappa shape index (κ3) is 4.80. The number of rotatable bonds is 5. The molecular weight excluding hydrogens is 354 g/mol. The first-order valence-corrected chi connectivity index (χ1v) is 10.1. The van der Waals surface area contributed by atoms with E-state index in [4.69, 9.17) is 5.73 Å². The molecule has 6 heteroatoms. The van der Waals surface area contributed by atoms with E-state index >= 15 is 0 Å². The Morgan fingerprint density at radius 2 is 1.68 bits per heavy atom. The molecule has 28 heavy (non-hydrogen) atoms. The summed E-state index contributed by atoms with van der Waals surface area (Å²) in [6.45, 7) is 1.08. The van der Waals surface area contributed by atoms with Crippen molar-refractivity contribution in [3.8, 4) is 0 Å². The van der Waals surface area contributed by atoms with E-state index in [-0.39, 0.29) is 17.7 Å². The van der Waals surface area contributed by atoms with Crippen molar-refractivity contribution in [2.24, 2.45) is 11.7 Å². The molecule has 0 radical (unpaired) electrons. The molecule has 3 amide bonds. The van der Waals surface area contributed by atoms with Crippen LogP contribution in [-0.2, 0) is 14.4 Å². The summed E-state index contributed by atoms with van der Waals surface area (Å²) >= 11 is 0. The highest BCUT2D eigenvalue weighted by molar-refractivity contribution is 5.93. The lowest BCUT2D eigenvalue weighted by molar-refractivity contribution is -0.137. The highest BCUT2D eigenvalue weighted by Crippen LogP contribution is 2.29. The van der Waals surface area contributed by atoms with Crippen molar-refractivity contribution in [1.29, 1.82) is 0 Å². The second-order valence-corrected chi connectivity index (χ2v) is 7.84. The molecule has 150 valence electrons. The quantitative estimate of drug-likeness (QED) is 0.764. The average molecular weight is 383 g/mol. The molecule has 0 aromatic heterocycles. The molecule has 6 nitrogen and oxygen atoms in total. The number of piperidine rings is 1. The molecule has 3 N–H and O–H groups in total. The molecule has 3 rings (SSSR count). The van der Waals surface area contributed by atoms with Crippen LogP contribution >= 0.6 is 0 Å². The fourth-order valence-corrected chi connectivity index (χ4v) is 4.13. The largest absolute Gasteiger partial charge is 0.368 e. The zero-order chi connectivity index (χ0) is 20.0. The highest BCUT2D eigenvalue weighted by Gasteiger charge is 2.40. The van der Waals surface area contributed by atoms with Gasteiger partial charge in [-0.1, -0.05) is 49.6 Å². The summed E-state index contributed by atoms with van der Waals surface area (Å²) in [4.78, 5) is 38.9. The van der Waals surface area contributed by atoms with Gasteiger partial charge in [-0.05, 0) is 37.3 Å². The lowest BCUT2D eigenvalue weighted by Crippen LogP contribution is -2.60. The summed E-state index contributed by atoms with van der Waals surface area (Å²) in [5.74, 6) is -0.754. The lowest BCUT2D eigenvalue weighted by atomic mass is 9.80. The minimum Gasteiger partial charge on any atom is -0.368 e. The third-order valence-corrected chi connectivity index (χ3v) is 5.94. The number of nitrogens with zero attached hydrogens (tertiary/aromatic N) is 1.